The maximum absolute atomic E-state index is 11.6. The Morgan fingerprint density at radius 2 is 1.92 bits per heavy atom. The summed E-state index contributed by atoms with van der Waals surface area (Å²) in [6, 6.07) is 12.3. The molecule has 1 aromatic heterocycles. The first-order chi connectivity index (χ1) is 11.6. The lowest BCUT2D eigenvalue weighted by Gasteiger charge is -2.18. The second kappa shape index (κ2) is 8.97. The first-order valence-electron chi connectivity index (χ1n) is 7.46. The van der Waals surface area contributed by atoms with Crippen LogP contribution >= 0.6 is 0 Å². The first kappa shape index (κ1) is 17.9. The number of alkyl carbamates (subject to hydrolysis) is 1. The molecular weight excluding hydrogens is 312 g/mol. The highest BCUT2D eigenvalue weighted by Crippen LogP contribution is 2.16. The van der Waals surface area contributed by atoms with Crippen molar-refractivity contribution in [2.24, 2.45) is 0 Å². The fourth-order valence-electron chi connectivity index (χ4n) is 2.00. The van der Waals surface area contributed by atoms with E-state index in [4.69, 9.17) is 9.84 Å². The molecule has 2 atom stereocenters. The highest BCUT2D eigenvalue weighted by molar-refractivity contribution is 5.67. The average molecular weight is 332 g/mol. The maximum Gasteiger partial charge on any atom is 0.407 e. The van der Waals surface area contributed by atoms with Gasteiger partial charge in [0.15, 0.2) is 0 Å². The van der Waals surface area contributed by atoms with Crippen molar-refractivity contribution in [1.29, 1.82) is 0 Å². The number of amides is 1. The van der Waals surface area contributed by atoms with Crippen molar-refractivity contribution >= 4 is 6.09 Å². The monoisotopic (exact) mass is 332 g/mol. The van der Waals surface area contributed by atoms with Gasteiger partial charge in [-0.2, -0.15) is 0 Å². The molecule has 0 bridgehead atoms. The number of nitrogens with zero attached hydrogens (tertiary/aromatic N) is 1. The molecule has 0 aliphatic rings. The molecule has 1 amide bonds. The number of rotatable bonds is 7. The molecule has 1 heterocycles. The number of carbonyl (C=O) groups is 1. The Morgan fingerprint density at radius 3 is 2.54 bits per heavy atom. The molecule has 7 nitrogen and oxygen atoms in total. The SMILES string of the molecule is O=C(NCC(O)C(O)c1ccc(CO)nc1)OCc1ccccc1. The van der Waals surface area contributed by atoms with Gasteiger partial charge < -0.3 is 25.4 Å². The molecule has 7 heteroatoms. The van der Waals surface area contributed by atoms with Crippen LogP contribution in [0, 0.1) is 0 Å². The topological polar surface area (TPSA) is 112 Å². The lowest BCUT2D eigenvalue weighted by Crippen LogP contribution is -2.35. The van der Waals surface area contributed by atoms with E-state index >= 15 is 0 Å². The molecule has 0 fully saturated rings. The second-order valence-electron chi connectivity index (χ2n) is 5.20. The molecule has 0 spiro atoms. The Hall–Kier alpha value is -2.48. The predicted octanol–water partition coefficient (Wildman–Crippen LogP) is 0.895. The van der Waals surface area contributed by atoms with Gasteiger partial charge in [-0.3, -0.25) is 4.98 Å². The van der Waals surface area contributed by atoms with E-state index in [0.29, 0.717) is 11.3 Å². The minimum atomic E-state index is -1.21. The third-order valence-electron chi connectivity index (χ3n) is 3.38. The van der Waals surface area contributed by atoms with Gasteiger partial charge >= 0.3 is 6.09 Å². The number of nitrogens with one attached hydrogen (secondary N) is 1. The van der Waals surface area contributed by atoms with Gasteiger partial charge in [0.25, 0.3) is 0 Å². The van der Waals surface area contributed by atoms with Crippen molar-refractivity contribution < 1.29 is 24.9 Å². The van der Waals surface area contributed by atoms with E-state index in [9.17, 15) is 15.0 Å². The summed E-state index contributed by atoms with van der Waals surface area (Å²) in [6.45, 7) is -0.248. The molecule has 24 heavy (non-hydrogen) atoms. The lowest BCUT2D eigenvalue weighted by molar-refractivity contribution is 0.0182. The third-order valence-corrected chi connectivity index (χ3v) is 3.38. The molecule has 2 aromatic rings. The van der Waals surface area contributed by atoms with E-state index in [0.717, 1.165) is 5.56 Å². The zero-order valence-corrected chi connectivity index (χ0v) is 13.0. The number of hydrogen-bond acceptors (Lipinski definition) is 6. The molecule has 128 valence electrons. The summed E-state index contributed by atoms with van der Waals surface area (Å²) >= 11 is 0. The van der Waals surface area contributed by atoms with E-state index in [1.54, 1.807) is 12.1 Å². The van der Waals surface area contributed by atoms with Crippen LogP contribution in [-0.4, -0.2) is 39.0 Å². The number of ether oxygens (including phenoxy) is 1. The van der Waals surface area contributed by atoms with Crippen LogP contribution in [0.15, 0.2) is 48.7 Å². The first-order valence-corrected chi connectivity index (χ1v) is 7.46. The Kier molecular flexibility index (Phi) is 6.68. The van der Waals surface area contributed by atoms with Crippen LogP contribution in [0.5, 0.6) is 0 Å². The van der Waals surface area contributed by atoms with Gasteiger partial charge in [-0.05, 0) is 11.6 Å². The van der Waals surface area contributed by atoms with Gasteiger partial charge in [0.2, 0.25) is 0 Å². The van der Waals surface area contributed by atoms with E-state index in [1.807, 2.05) is 30.3 Å². The number of pyridine rings is 1. The molecule has 2 unspecified atom stereocenters. The summed E-state index contributed by atoms with van der Waals surface area (Å²) in [7, 11) is 0. The van der Waals surface area contributed by atoms with Crippen molar-refractivity contribution in [3.63, 3.8) is 0 Å². The summed E-state index contributed by atoms with van der Waals surface area (Å²) in [5, 5.41) is 31.3. The van der Waals surface area contributed by atoms with Crippen LogP contribution in [0.4, 0.5) is 4.79 Å². The van der Waals surface area contributed by atoms with E-state index in [2.05, 4.69) is 10.3 Å². The number of benzene rings is 1. The van der Waals surface area contributed by atoms with Gasteiger partial charge in [0.1, 0.15) is 18.8 Å². The molecule has 0 aliphatic carbocycles. The van der Waals surface area contributed by atoms with Crippen molar-refractivity contribution in [1.82, 2.24) is 10.3 Å². The average Bonchev–Trinajstić information content (AvgIpc) is 2.64. The highest BCUT2D eigenvalue weighted by atomic mass is 16.5. The van der Waals surface area contributed by atoms with E-state index in [1.165, 1.54) is 6.20 Å². The summed E-state index contributed by atoms with van der Waals surface area (Å²) in [4.78, 5) is 15.5. The quantitative estimate of drug-likeness (QED) is 0.599. The molecule has 4 N–H and O–H groups in total. The molecule has 2 rings (SSSR count). The number of carbonyl (C=O) groups excluding carboxylic acids is 1. The third kappa shape index (κ3) is 5.31. The van der Waals surface area contributed by atoms with Gasteiger partial charge in [-0.1, -0.05) is 36.4 Å². The summed E-state index contributed by atoms with van der Waals surface area (Å²) in [5.74, 6) is 0. The molecule has 0 saturated heterocycles. The molecule has 0 radical (unpaired) electrons. The fourth-order valence-corrected chi connectivity index (χ4v) is 2.00. The van der Waals surface area contributed by atoms with Crippen molar-refractivity contribution in [2.45, 2.75) is 25.4 Å². The van der Waals surface area contributed by atoms with Crippen LogP contribution in [0.2, 0.25) is 0 Å². The fraction of sp³-hybridized carbons (Fsp3) is 0.294. The van der Waals surface area contributed by atoms with Crippen LogP contribution < -0.4 is 5.32 Å². The number of aliphatic hydroxyl groups is 3. The van der Waals surface area contributed by atoms with Gasteiger partial charge in [-0.25, -0.2) is 4.79 Å². The molecular formula is C17H20N2O5. The number of aromatic nitrogens is 1. The maximum atomic E-state index is 11.6. The van der Waals surface area contributed by atoms with Crippen molar-refractivity contribution in [3.8, 4) is 0 Å². The van der Waals surface area contributed by atoms with Gasteiger partial charge in [0.05, 0.1) is 12.3 Å². The smallest absolute Gasteiger partial charge is 0.407 e. The molecule has 0 saturated carbocycles. The summed E-state index contributed by atoms with van der Waals surface area (Å²) in [6.07, 6.45) is -1.73. The summed E-state index contributed by atoms with van der Waals surface area (Å²) < 4.78 is 5.01. The summed E-state index contributed by atoms with van der Waals surface area (Å²) in [5.41, 5.74) is 1.70. The van der Waals surface area contributed by atoms with Crippen molar-refractivity contribution in [3.05, 3.63) is 65.5 Å². The lowest BCUT2D eigenvalue weighted by atomic mass is 10.1. The van der Waals surface area contributed by atoms with Crippen LogP contribution in [-0.2, 0) is 18.0 Å². The zero-order chi connectivity index (χ0) is 17.4. The van der Waals surface area contributed by atoms with Crippen LogP contribution in [0.1, 0.15) is 22.9 Å². The van der Waals surface area contributed by atoms with Crippen LogP contribution in [0.3, 0.4) is 0 Å². The highest BCUT2D eigenvalue weighted by Gasteiger charge is 2.19. The predicted molar refractivity (Wildman–Crippen MR) is 85.8 cm³/mol. The van der Waals surface area contributed by atoms with E-state index < -0.39 is 18.3 Å². The Morgan fingerprint density at radius 1 is 1.17 bits per heavy atom. The van der Waals surface area contributed by atoms with Gasteiger partial charge in [0, 0.05) is 18.3 Å². The standard InChI is InChI=1S/C17H20N2O5/c20-10-14-7-6-13(8-18-14)16(22)15(21)9-19-17(23)24-11-12-4-2-1-3-5-12/h1-8,15-16,20-22H,9-11H2,(H,19,23). The second-order valence-corrected chi connectivity index (χ2v) is 5.20. The minimum absolute atomic E-state index is 0.123. The van der Waals surface area contributed by atoms with Crippen molar-refractivity contribution in [2.75, 3.05) is 6.54 Å². The van der Waals surface area contributed by atoms with Crippen LogP contribution in [0.25, 0.3) is 0 Å². The van der Waals surface area contributed by atoms with Gasteiger partial charge in [-0.15, -0.1) is 0 Å². The minimum Gasteiger partial charge on any atom is -0.445 e. The zero-order valence-electron chi connectivity index (χ0n) is 13.0. The largest absolute Gasteiger partial charge is 0.445 e. The van der Waals surface area contributed by atoms with E-state index in [-0.39, 0.29) is 19.8 Å². The Balaban J connectivity index is 1.76. The normalized spacial score (nSPS) is 13.1. The number of hydrogen-bond donors (Lipinski definition) is 4. The molecule has 0 aliphatic heterocycles. The Labute approximate surface area is 139 Å². The Bertz CT molecular complexity index is 633. The number of aliphatic hydroxyl groups excluding tert-OH is 3. The molecule has 1 aromatic carbocycles.